The minimum absolute atomic E-state index is 0.000340. The number of halogens is 1. The Hall–Kier alpha value is -2.52. The molecule has 1 aliphatic heterocycles. The van der Waals surface area contributed by atoms with Crippen LogP contribution in [0.2, 0.25) is 5.15 Å². The first-order valence-corrected chi connectivity index (χ1v) is 13.7. The predicted octanol–water partition coefficient (Wildman–Crippen LogP) is 5.90. The van der Waals surface area contributed by atoms with Crippen LogP contribution >= 0.6 is 23.4 Å². The summed E-state index contributed by atoms with van der Waals surface area (Å²) in [7, 11) is 0. The third kappa shape index (κ3) is 5.00. The number of alkyl carbamates (subject to hydrolysis) is 1. The van der Waals surface area contributed by atoms with Crippen molar-refractivity contribution in [3.05, 3.63) is 41.6 Å². The number of carbonyl (C=O) groups excluding carboxylic acids is 1. The van der Waals surface area contributed by atoms with Gasteiger partial charge in [-0.1, -0.05) is 36.2 Å². The lowest BCUT2D eigenvalue weighted by Gasteiger charge is -2.46. The van der Waals surface area contributed by atoms with Gasteiger partial charge >= 0.3 is 6.09 Å². The number of piperidine rings is 1. The number of hydrogen-bond acceptors (Lipinski definition) is 7. The van der Waals surface area contributed by atoms with Crippen LogP contribution in [0.4, 0.5) is 10.7 Å². The number of anilines is 1. The van der Waals surface area contributed by atoms with Crippen LogP contribution in [0.1, 0.15) is 58.4 Å². The summed E-state index contributed by atoms with van der Waals surface area (Å²) in [6, 6.07) is 1.96. The topological polar surface area (TPSA) is 84.7 Å². The normalized spacial score (nSPS) is 19.7. The first kappa shape index (κ1) is 25.1. The van der Waals surface area contributed by atoms with Crippen LogP contribution in [0.3, 0.4) is 0 Å². The summed E-state index contributed by atoms with van der Waals surface area (Å²) in [5, 5.41) is 3.73. The highest BCUT2D eigenvalue weighted by Crippen LogP contribution is 2.47. The number of imidazole rings is 1. The fraction of sp³-hybridized carbons (Fsp3) is 0.538. The summed E-state index contributed by atoms with van der Waals surface area (Å²) in [4.78, 5) is 30.7. The van der Waals surface area contributed by atoms with Crippen molar-refractivity contribution in [3.63, 3.8) is 0 Å². The van der Waals surface area contributed by atoms with E-state index in [1.54, 1.807) is 24.2 Å². The van der Waals surface area contributed by atoms with Crippen molar-refractivity contribution < 1.29 is 9.53 Å². The lowest BCUT2D eigenvalue weighted by molar-refractivity contribution is 0.0420. The van der Waals surface area contributed by atoms with Crippen LogP contribution in [0.15, 0.2) is 40.6 Å². The van der Waals surface area contributed by atoms with Crippen LogP contribution in [-0.2, 0) is 4.74 Å². The van der Waals surface area contributed by atoms with Gasteiger partial charge in [0.1, 0.15) is 10.8 Å². The minimum Gasteiger partial charge on any atom is -0.444 e. The second kappa shape index (κ2) is 9.74. The van der Waals surface area contributed by atoms with E-state index in [1.165, 1.54) is 12.8 Å². The zero-order valence-corrected chi connectivity index (χ0v) is 22.8. The van der Waals surface area contributed by atoms with E-state index >= 15 is 0 Å². The van der Waals surface area contributed by atoms with Crippen molar-refractivity contribution in [1.29, 1.82) is 0 Å². The quantitative estimate of drug-likeness (QED) is 0.422. The summed E-state index contributed by atoms with van der Waals surface area (Å²) in [5.41, 5.74) is 1.37. The molecule has 192 valence electrons. The molecule has 0 aromatic carbocycles. The lowest BCUT2D eigenvalue weighted by Crippen LogP contribution is -2.58. The van der Waals surface area contributed by atoms with E-state index < -0.39 is 5.60 Å². The maximum absolute atomic E-state index is 12.8. The van der Waals surface area contributed by atoms with Crippen molar-refractivity contribution in [2.24, 2.45) is 5.41 Å². The number of pyridine rings is 1. The molecule has 1 N–H and O–H groups in total. The summed E-state index contributed by atoms with van der Waals surface area (Å²) < 4.78 is 7.66. The largest absolute Gasteiger partial charge is 0.444 e. The van der Waals surface area contributed by atoms with Gasteiger partial charge in [-0.15, -0.1) is 0 Å². The Morgan fingerprint density at radius 1 is 1.17 bits per heavy atom. The molecule has 1 saturated carbocycles. The van der Waals surface area contributed by atoms with Crippen molar-refractivity contribution >= 4 is 41.1 Å². The molecule has 10 heteroatoms. The fourth-order valence-corrected chi connectivity index (χ4v) is 6.63. The van der Waals surface area contributed by atoms with Gasteiger partial charge in [-0.25, -0.2) is 19.7 Å². The van der Waals surface area contributed by atoms with Gasteiger partial charge in [0.2, 0.25) is 5.95 Å². The van der Waals surface area contributed by atoms with E-state index in [0.29, 0.717) is 11.7 Å². The molecule has 1 aliphatic carbocycles. The standard InChI is InChI=1S/C26H33ClN6O2S/c1-17-18(7-11-28-21(17)27)36-19-15-30-23(33-14-12-29-22(19)33)32-13-10-26(8-5-6-9-26)20(16-32)31-24(34)35-25(2,3)4/h7,11-12,14-15,20H,5-6,8-10,13,16H2,1-4H3,(H,31,34). The molecule has 5 rings (SSSR count). The highest BCUT2D eigenvalue weighted by atomic mass is 35.5. The Kier molecular flexibility index (Phi) is 6.80. The summed E-state index contributed by atoms with van der Waals surface area (Å²) in [5.74, 6) is 0.833. The molecular formula is C26H33ClN6O2S. The Morgan fingerprint density at radius 2 is 1.94 bits per heavy atom. The smallest absolute Gasteiger partial charge is 0.407 e. The zero-order valence-electron chi connectivity index (χ0n) is 21.3. The average Bonchev–Trinajstić information content (AvgIpc) is 3.48. The number of hydrogen-bond donors (Lipinski definition) is 1. The van der Waals surface area contributed by atoms with Gasteiger partial charge in [0.05, 0.1) is 10.9 Å². The highest BCUT2D eigenvalue weighted by Gasteiger charge is 2.46. The number of rotatable bonds is 4. The van der Waals surface area contributed by atoms with Gasteiger partial charge in [-0.3, -0.25) is 4.40 Å². The number of ether oxygens (including phenoxy) is 1. The molecule has 2 aliphatic rings. The van der Waals surface area contributed by atoms with E-state index in [-0.39, 0.29) is 17.6 Å². The second-order valence-corrected chi connectivity index (χ2v) is 12.3. The van der Waals surface area contributed by atoms with E-state index in [0.717, 1.165) is 52.8 Å². The Balaban J connectivity index is 1.41. The molecule has 1 saturated heterocycles. The van der Waals surface area contributed by atoms with Crippen molar-refractivity contribution in [2.45, 2.75) is 81.2 Å². The number of nitrogens with zero attached hydrogens (tertiary/aromatic N) is 5. The first-order chi connectivity index (χ1) is 17.2. The van der Waals surface area contributed by atoms with E-state index in [2.05, 4.69) is 20.2 Å². The molecule has 0 radical (unpaired) electrons. The molecule has 1 amide bonds. The van der Waals surface area contributed by atoms with Crippen LogP contribution < -0.4 is 10.2 Å². The van der Waals surface area contributed by atoms with Crippen LogP contribution in [0.5, 0.6) is 0 Å². The van der Waals surface area contributed by atoms with E-state index in [4.69, 9.17) is 21.3 Å². The molecule has 1 atom stereocenters. The molecule has 3 aromatic heterocycles. The van der Waals surface area contributed by atoms with Crippen LogP contribution in [0.25, 0.3) is 5.65 Å². The molecule has 3 aromatic rings. The van der Waals surface area contributed by atoms with Crippen molar-refractivity contribution in [3.8, 4) is 0 Å². The third-order valence-electron chi connectivity index (χ3n) is 7.28. The SMILES string of the molecule is Cc1c(Sc2cnc(N3CCC4(CCCC4)C(NC(=O)OC(C)(C)C)C3)n3ccnc23)ccnc1Cl. The third-order valence-corrected chi connectivity index (χ3v) is 8.83. The fourth-order valence-electron chi connectivity index (χ4n) is 5.46. The van der Waals surface area contributed by atoms with Crippen LogP contribution in [0, 0.1) is 12.3 Å². The molecule has 1 unspecified atom stereocenters. The molecule has 2 fully saturated rings. The zero-order chi connectivity index (χ0) is 25.5. The van der Waals surface area contributed by atoms with Crippen molar-refractivity contribution in [1.82, 2.24) is 24.7 Å². The summed E-state index contributed by atoms with van der Waals surface area (Å²) in [6.07, 6.45) is 12.7. The minimum atomic E-state index is -0.531. The number of fused-ring (bicyclic) bond motifs is 1. The first-order valence-electron chi connectivity index (χ1n) is 12.5. The van der Waals surface area contributed by atoms with Gasteiger partial charge < -0.3 is 15.0 Å². The van der Waals surface area contributed by atoms with Gasteiger partial charge in [0, 0.05) is 48.3 Å². The molecule has 1 spiro atoms. The van der Waals surface area contributed by atoms with E-state index in [1.807, 2.05) is 50.6 Å². The molecule has 36 heavy (non-hydrogen) atoms. The molecule has 4 heterocycles. The summed E-state index contributed by atoms with van der Waals surface area (Å²) in [6.45, 7) is 9.22. The van der Waals surface area contributed by atoms with Gasteiger partial charge in [-0.2, -0.15) is 0 Å². The maximum atomic E-state index is 12.8. The molecule has 0 bridgehead atoms. The summed E-state index contributed by atoms with van der Waals surface area (Å²) >= 11 is 7.82. The Labute approximate surface area is 221 Å². The van der Waals surface area contributed by atoms with Gasteiger partial charge in [0.25, 0.3) is 0 Å². The van der Waals surface area contributed by atoms with E-state index in [9.17, 15) is 4.79 Å². The molecular weight excluding hydrogens is 496 g/mol. The van der Waals surface area contributed by atoms with Gasteiger partial charge in [0.15, 0.2) is 5.65 Å². The number of nitrogens with one attached hydrogen (secondary N) is 1. The van der Waals surface area contributed by atoms with Crippen LogP contribution in [-0.4, -0.2) is 50.2 Å². The number of amides is 1. The van der Waals surface area contributed by atoms with Crippen molar-refractivity contribution in [2.75, 3.05) is 18.0 Å². The average molecular weight is 529 g/mol. The predicted molar refractivity (Wildman–Crippen MR) is 142 cm³/mol. The number of carbonyl (C=O) groups is 1. The monoisotopic (exact) mass is 528 g/mol. The lowest BCUT2D eigenvalue weighted by atomic mass is 9.73. The van der Waals surface area contributed by atoms with Gasteiger partial charge in [-0.05, 0) is 58.4 Å². The Bertz CT molecular complexity index is 1270. The molecule has 8 nitrogen and oxygen atoms in total. The maximum Gasteiger partial charge on any atom is 0.407 e. The number of aromatic nitrogens is 4. The second-order valence-electron chi connectivity index (χ2n) is 10.8. The highest BCUT2D eigenvalue weighted by molar-refractivity contribution is 7.99. The Morgan fingerprint density at radius 3 is 2.69 bits per heavy atom.